The third-order valence-corrected chi connectivity index (χ3v) is 4.24. The molecule has 6 heteroatoms. The summed E-state index contributed by atoms with van der Waals surface area (Å²) < 4.78 is 0. The second kappa shape index (κ2) is 7.27. The summed E-state index contributed by atoms with van der Waals surface area (Å²) in [7, 11) is 0. The lowest BCUT2D eigenvalue weighted by atomic mass is 10.0. The first-order valence-corrected chi connectivity index (χ1v) is 8.16. The number of carbonyl (C=O) groups is 1. The Morgan fingerprint density at radius 3 is 2.52 bits per heavy atom. The Bertz CT molecular complexity index is 828. The number of nitro benzene ring substituents is 1. The summed E-state index contributed by atoms with van der Waals surface area (Å²) in [6.07, 6.45) is 3.34. The molecule has 1 heterocycles. The summed E-state index contributed by atoms with van der Waals surface area (Å²) in [6, 6.07) is 14.2. The van der Waals surface area contributed by atoms with Crippen LogP contribution in [0.15, 0.2) is 54.6 Å². The van der Waals surface area contributed by atoms with Crippen LogP contribution in [0, 0.1) is 10.1 Å². The zero-order valence-electron chi connectivity index (χ0n) is 13.7. The lowest BCUT2D eigenvalue weighted by Gasteiger charge is -2.15. The van der Waals surface area contributed by atoms with Crippen LogP contribution in [-0.2, 0) is 11.2 Å². The predicted octanol–water partition coefficient (Wildman–Crippen LogP) is 2.92. The maximum absolute atomic E-state index is 12.6. The van der Waals surface area contributed by atoms with E-state index in [4.69, 9.17) is 5.73 Å². The van der Waals surface area contributed by atoms with E-state index < -0.39 is 4.92 Å². The third-order valence-electron chi connectivity index (χ3n) is 4.24. The predicted molar refractivity (Wildman–Crippen MR) is 97.2 cm³/mol. The van der Waals surface area contributed by atoms with Gasteiger partial charge in [0.25, 0.3) is 11.6 Å². The van der Waals surface area contributed by atoms with Crippen LogP contribution in [0.3, 0.4) is 0 Å². The summed E-state index contributed by atoms with van der Waals surface area (Å²) in [4.78, 5) is 24.6. The van der Waals surface area contributed by atoms with Crippen LogP contribution < -0.4 is 10.6 Å². The molecule has 1 aliphatic rings. The van der Waals surface area contributed by atoms with Crippen LogP contribution in [-0.4, -0.2) is 23.9 Å². The van der Waals surface area contributed by atoms with E-state index >= 15 is 0 Å². The van der Waals surface area contributed by atoms with E-state index in [1.807, 2.05) is 30.3 Å². The molecule has 0 aliphatic carbocycles. The molecule has 2 N–H and O–H groups in total. The van der Waals surface area contributed by atoms with Gasteiger partial charge < -0.3 is 10.6 Å². The van der Waals surface area contributed by atoms with Gasteiger partial charge in [-0.1, -0.05) is 36.4 Å². The number of para-hydroxylation sites is 1. The van der Waals surface area contributed by atoms with Crippen LogP contribution >= 0.6 is 0 Å². The third kappa shape index (κ3) is 3.44. The van der Waals surface area contributed by atoms with Gasteiger partial charge in [-0.25, -0.2) is 0 Å². The molecular weight excluding hydrogens is 318 g/mol. The van der Waals surface area contributed by atoms with Crippen molar-refractivity contribution in [3.05, 3.63) is 75.8 Å². The Morgan fingerprint density at radius 2 is 1.84 bits per heavy atom. The van der Waals surface area contributed by atoms with Gasteiger partial charge in [-0.05, 0) is 24.5 Å². The van der Waals surface area contributed by atoms with Gasteiger partial charge in [-0.15, -0.1) is 0 Å². The molecule has 0 radical (unpaired) electrons. The summed E-state index contributed by atoms with van der Waals surface area (Å²) in [5.41, 5.74) is 9.24. The normalized spacial score (nSPS) is 14.8. The largest absolute Gasteiger partial charge is 0.329 e. The number of nitrogens with two attached hydrogens (primary N) is 1. The molecule has 0 unspecified atom stereocenters. The lowest BCUT2D eigenvalue weighted by molar-refractivity contribution is -0.384. The van der Waals surface area contributed by atoms with Gasteiger partial charge >= 0.3 is 0 Å². The zero-order valence-corrected chi connectivity index (χ0v) is 13.7. The summed E-state index contributed by atoms with van der Waals surface area (Å²) >= 11 is 0. The first kappa shape index (κ1) is 16.9. The van der Waals surface area contributed by atoms with E-state index in [0.717, 1.165) is 16.8 Å². The molecule has 1 amide bonds. The van der Waals surface area contributed by atoms with Gasteiger partial charge in [-0.3, -0.25) is 14.9 Å². The minimum absolute atomic E-state index is 0.0182. The van der Waals surface area contributed by atoms with Crippen LogP contribution in [0.1, 0.15) is 17.5 Å². The first-order valence-electron chi connectivity index (χ1n) is 8.16. The van der Waals surface area contributed by atoms with Crippen LogP contribution in [0.2, 0.25) is 0 Å². The molecule has 128 valence electrons. The van der Waals surface area contributed by atoms with Crippen molar-refractivity contribution in [2.24, 2.45) is 5.73 Å². The maximum Gasteiger partial charge on any atom is 0.269 e. The number of fused-ring (bicyclic) bond motifs is 1. The molecule has 0 saturated carbocycles. The summed E-state index contributed by atoms with van der Waals surface area (Å²) in [5.74, 6) is -0.0182. The molecule has 0 atom stereocenters. The molecule has 25 heavy (non-hydrogen) atoms. The molecule has 0 bridgehead atoms. The van der Waals surface area contributed by atoms with E-state index in [-0.39, 0.29) is 11.6 Å². The van der Waals surface area contributed by atoms with Crippen LogP contribution in [0.5, 0.6) is 0 Å². The molecule has 0 aromatic heterocycles. The van der Waals surface area contributed by atoms with E-state index in [1.165, 1.54) is 12.1 Å². The summed E-state index contributed by atoms with van der Waals surface area (Å²) in [6.45, 7) is 0.908. The molecule has 0 spiro atoms. The Balaban J connectivity index is 1.75. The number of benzene rings is 2. The van der Waals surface area contributed by atoms with Crippen molar-refractivity contribution in [3.8, 4) is 0 Å². The molecular formula is C19H19N3O3. The molecule has 6 nitrogen and oxygen atoms in total. The number of nitro groups is 1. The van der Waals surface area contributed by atoms with Gasteiger partial charge in [0.1, 0.15) is 0 Å². The quantitative estimate of drug-likeness (QED) is 0.498. The second-order valence-electron chi connectivity index (χ2n) is 5.84. The van der Waals surface area contributed by atoms with Crippen molar-refractivity contribution in [3.63, 3.8) is 0 Å². The number of carbonyl (C=O) groups excluding carboxylic acids is 1. The summed E-state index contributed by atoms with van der Waals surface area (Å²) in [5, 5.41) is 10.7. The molecule has 2 aromatic rings. The Morgan fingerprint density at radius 1 is 1.12 bits per heavy atom. The average molecular weight is 337 g/mol. The number of rotatable bonds is 6. The fourth-order valence-corrected chi connectivity index (χ4v) is 3.02. The highest BCUT2D eigenvalue weighted by molar-refractivity contribution is 6.32. The minimum atomic E-state index is -0.411. The molecule has 1 aliphatic heterocycles. The van der Waals surface area contributed by atoms with Gasteiger partial charge in [0.05, 0.1) is 10.6 Å². The highest BCUT2D eigenvalue weighted by Crippen LogP contribution is 2.36. The Labute approximate surface area is 145 Å². The Hall–Kier alpha value is -2.99. The number of nitrogens with zero attached hydrogens (tertiary/aromatic N) is 2. The number of allylic oxidation sites excluding steroid dienone is 1. The van der Waals surface area contributed by atoms with E-state index in [9.17, 15) is 14.9 Å². The van der Waals surface area contributed by atoms with Gasteiger partial charge in [0.2, 0.25) is 0 Å². The van der Waals surface area contributed by atoms with Crippen molar-refractivity contribution in [1.29, 1.82) is 0 Å². The molecule has 0 saturated heterocycles. The Kier molecular flexibility index (Phi) is 4.90. The lowest BCUT2D eigenvalue weighted by Crippen LogP contribution is -2.31. The number of non-ortho nitro benzene ring substituents is 1. The van der Waals surface area contributed by atoms with Crippen molar-refractivity contribution >= 4 is 22.9 Å². The topological polar surface area (TPSA) is 89.5 Å². The molecule has 0 fully saturated rings. The van der Waals surface area contributed by atoms with Gasteiger partial charge in [0.15, 0.2) is 0 Å². The molecule has 2 aromatic carbocycles. The number of hydrogen-bond acceptors (Lipinski definition) is 4. The standard InChI is InChI=1S/C19H19N3O3/c20-12-13-21-18-7-2-1-5-16(18)17(19(21)23)6-3-4-14-8-10-15(11-9-14)22(24)25/h1-2,5-11H,3-4,12-13,20H2. The van der Waals surface area contributed by atoms with E-state index in [1.54, 1.807) is 17.0 Å². The minimum Gasteiger partial charge on any atom is -0.329 e. The van der Waals surface area contributed by atoms with Crippen molar-refractivity contribution in [2.75, 3.05) is 18.0 Å². The molecule has 3 rings (SSSR count). The van der Waals surface area contributed by atoms with Gasteiger partial charge in [-0.2, -0.15) is 0 Å². The van der Waals surface area contributed by atoms with Crippen LogP contribution in [0.25, 0.3) is 5.57 Å². The first-order chi connectivity index (χ1) is 12.1. The smallest absolute Gasteiger partial charge is 0.269 e. The van der Waals surface area contributed by atoms with E-state index in [2.05, 4.69) is 0 Å². The average Bonchev–Trinajstić information content (AvgIpc) is 2.88. The fraction of sp³-hybridized carbons (Fsp3) is 0.211. The highest BCUT2D eigenvalue weighted by atomic mass is 16.6. The van der Waals surface area contributed by atoms with E-state index in [0.29, 0.717) is 31.5 Å². The number of hydrogen-bond donors (Lipinski definition) is 1. The van der Waals surface area contributed by atoms with Crippen molar-refractivity contribution in [1.82, 2.24) is 0 Å². The number of aryl methyl sites for hydroxylation is 1. The maximum atomic E-state index is 12.6. The fourth-order valence-electron chi connectivity index (χ4n) is 3.02. The second-order valence-corrected chi connectivity index (χ2v) is 5.84. The number of amides is 1. The van der Waals surface area contributed by atoms with Gasteiger partial charge in [0, 0.05) is 36.4 Å². The number of anilines is 1. The van der Waals surface area contributed by atoms with Crippen molar-refractivity contribution < 1.29 is 9.72 Å². The SMILES string of the molecule is NCCN1C(=O)C(=CCCc2ccc([N+](=O)[O-])cc2)c2ccccc21. The monoisotopic (exact) mass is 337 g/mol. The van der Waals surface area contributed by atoms with Crippen molar-refractivity contribution in [2.45, 2.75) is 12.8 Å². The zero-order chi connectivity index (χ0) is 17.8. The highest BCUT2D eigenvalue weighted by Gasteiger charge is 2.30. The van der Waals surface area contributed by atoms with Crippen LogP contribution in [0.4, 0.5) is 11.4 Å².